The van der Waals surface area contributed by atoms with E-state index in [0.717, 1.165) is 30.4 Å². The molecule has 0 radical (unpaired) electrons. The van der Waals surface area contributed by atoms with Crippen molar-refractivity contribution in [3.63, 3.8) is 0 Å². The Morgan fingerprint density at radius 3 is 1.58 bits per heavy atom. The average molecular weight is 585 g/mol. The second-order valence-corrected chi connectivity index (χ2v) is 11.1. The van der Waals surface area contributed by atoms with Gasteiger partial charge in [-0.15, -0.1) is 0 Å². The van der Waals surface area contributed by atoms with Crippen molar-refractivity contribution in [1.29, 1.82) is 0 Å². The standard InChI is InChI=1S/C33H36N4O6/c1-20-18-36-28(16-34-26-10-8-22(40-3)14-24(26)32(36)38)30(20)42-12-6-5-7-13-43-31-21(2)19-37-29(31)17-35-27-11-9-23(41-4)15-25(27)33(37)39/h8-11,14-17,28-31H,1-2,5-7,12-13,18-19H2,3-4H3/t28-,29-,30?,31?/m0/s1. The Hall–Kier alpha value is -4.28. The van der Waals surface area contributed by atoms with Crippen LogP contribution < -0.4 is 9.47 Å². The number of hydrogen-bond acceptors (Lipinski definition) is 8. The van der Waals surface area contributed by atoms with Crippen LogP contribution in [0.25, 0.3) is 0 Å². The quantitative estimate of drug-likeness (QED) is 0.300. The van der Waals surface area contributed by atoms with E-state index >= 15 is 0 Å². The van der Waals surface area contributed by atoms with Crippen LogP contribution in [-0.4, -0.2) is 98.9 Å². The highest BCUT2D eigenvalue weighted by Gasteiger charge is 2.43. The van der Waals surface area contributed by atoms with Crippen molar-refractivity contribution >= 4 is 35.6 Å². The Morgan fingerprint density at radius 1 is 0.721 bits per heavy atom. The zero-order chi connectivity index (χ0) is 30.1. The minimum atomic E-state index is -0.302. The molecule has 0 N–H and O–H groups in total. The van der Waals surface area contributed by atoms with E-state index < -0.39 is 0 Å². The van der Waals surface area contributed by atoms with E-state index in [1.165, 1.54) is 0 Å². The monoisotopic (exact) mass is 584 g/mol. The number of unbranched alkanes of at least 4 members (excludes halogenated alkanes) is 2. The van der Waals surface area contributed by atoms with Crippen molar-refractivity contribution in [3.05, 3.63) is 71.8 Å². The molecule has 2 saturated heterocycles. The Labute approximate surface area is 251 Å². The van der Waals surface area contributed by atoms with Gasteiger partial charge in [0.2, 0.25) is 0 Å². The van der Waals surface area contributed by atoms with Gasteiger partial charge in [0.1, 0.15) is 23.7 Å². The van der Waals surface area contributed by atoms with Crippen LogP contribution in [0.3, 0.4) is 0 Å². The fraction of sp³-hybridized carbons (Fsp3) is 0.394. The minimum Gasteiger partial charge on any atom is -0.497 e. The molecule has 10 heteroatoms. The lowest BCUT2D eigenvalue weighted by molar-refractivity contribution is 0.0439. The van der Waals surface area contributed by atoms with Crippen LogP contribution in [0, 0.1) is 0 Å². The zero-order valence-corrected chi connectivity index (χ0v) is 24.5. The van der Waals surface area contributed by atoms with E-state index in [-0.39, 0.29) is 36.1 Å². The number of methoxy groups -OCH3 is 2. The van der Waals surface area contributed by atoms with Gasteiger partial charge in [0.05, 0.1) is 48.8 Å². The van der Waals surface area contributed by atoms with Gasteiger partial charge in [0.15, 0.2) is 0 Å². The summed E-state index contributed by atoms with van der Waals surface area (Å²) in [5.74, 6) is 1.04. The first-order valence-corrected chi connectivity index (χ1v) is 14.5. The molecule has 6 rings (SSSR count). The lowest BCUT2D eigenvalue weighted by atomic mass is 10.1. The smallest absolute Gasteiger partial charge is 0.257 e. The van der Waals surface area contributed by atoms with Gasteiger partial charge >= 0.3 is 0 Å². The summed E-state index contributed by atoms with van der Waals surface area (Å²) in [6, 6.07) is 10.1. The summed E-state index contributed by atoms with van der Waals surface area (Å²) in [4.78, 5) is 39.3. The third-order valence-electron chi connectivity index (χ3n) is 8.40. The summed E-state index contributed by atoms with van der Waals surface area (Å²) in [7, 11) is 3.15. The number of carbonyl (C=O) groups is 2. The van der Waals surface area contributed by atoms with Gasteiger partial charge in [-0.3, -0.25) is 19.6 Å². The molecule has 4 atom stereocenters. The molecule has 2 aromatic rings. The lowest BCUT2D eigenvalue weighted by Gasteiger charge is -2.23. The van der Waals surface area contributed by atoms with Crippen molar-refractivity contribution in [2.45, 2.75) is 43.6 Å². The van der Waals surface area contributed by atoms with Crippen LogP contribution >= 0.6 is 0 Å². The fourth-order valence-electron chi connectivity index (χ4n) is 6.08. The molecule has 2 fully saturated rings. The summed E-state index contributed by atoms with van der Waals surface area (Å²) in [5.41, 5.74) is 4.02. The summed E-state index contributed by atoms with van der Waals surface area (Å²) in [6.45, 7) is 10.3. The number of fused-ring (bicyclic) bond motifs is 4. The van der Waals surface area contributed by atoms with Crippen LogP contribution in [-0.2, 0) is 9.47 Å². The van der Waals surface area contributed by atoms with Gasteiger partial charge in [0, 0.05) is 38.7 Å². The number of benzene rings is 2. The van der Waals surface area contributed by atoms with Gasteiger partial charge in [-0.25, -0.2) is 0 Å². The molecular weight excluding hydrogens is 548 g/mol. The minimum absolute atomic E-state index is 0.100. The molecule has 0 spiro atoms. The van der Waals surface area contributed by atoms with Crippen LogP contribution in [0.2, 0.25) is 0 Å². The Morgan fingerprint density at radius 2 is 1.16 bits per heavy atom. The first-order valence-electron chi connectivity index (χ1n) is 14.5. The van der Waals surface area contributed by atoms with E-state index in [9.17, 15) is 9.59 Å². The molecule has 0 aliphatic carbocycles. The van der Waals surface area contributed by atoms with Crippen molar-refractivity contribution in [2.75, 3.05) is 40.5 Å². The lowest BCUT2D eigenvalue weighted by Crippen LogP contribution is -2.40. The molecule has 10 nitrogen and oxygen atoms in total. The highest BCUT2D eigenvalue weighted by Crippen LogP contribution is 2.35. The first-order chi connectivity index (χ1) is 20.9. The molecule has 0 saturated carbocycles. The summed E-state index contributed by atoms with van der Waals surface area (Å²) < 4.78 is 23.1. The van der Waals surface area contributed by atoms with Gasteiger partial charge in [-0.05, 0) is 66.8 Å². The maximum atomic E-state index is 13.3. The van der Waals surface area contributed by atoms with Crippen LogP contribution in [0.4, 0.5) is 11.4 Å². The van der Waals surface area contributed by atoms with E-state index in [4.69, 9.17) is 18.9 Å². The van der Waals surface area contributed by atoms with Crippen molar-refractivity contribution in [3.8, 4) is 11.5 Å². The summed E-state index contributed by atoms with van der Waals surface area (Å²) in [5, 5.41) is 0. The number of amides is 2. The van der Waals surface area contributed by atoms with Gasteiger partial charge in [-0.1, -0.05) is 13.2 Å². The second-order valence-electron chi connectivity index (χ2n) is 11.1. The molecule has 0 aromatic heterocycles. The normalized spacial score (nSPS) is 24.0. The number of rotatable bonds is 10. The summed E-state index contributed by atoms with van der Waals surface area (Å²) >= 11 is 0. The Kier molecular flexibility index (Phi) is 8.14. The predicted molar refractivity (Wildman–Crippen MR) is 164 cm³/mol. The Balaban J connectivity index is 0.974. The molecule has 4 aliphatic rings. The zero-order valence-electron chi connectivity index (χ0n) is 24.5. The van der Waals surface area contributed by atoms with Crippen LogP contribution in [0.5, 0.6) is 11.5 Å². The molecule has 4 heterocycles. The second kappa shape index (κ2) is 12.1. The van der Waals surface area contributed by atoms with Crippen molar-refractivity contribution < 1.29 is 28.5 Å². The predicted octanol–water partition coefficient (Wildman–Crippen LogP) is 4.54. The fourth-order valence-corrected chi connectivity index (χ4v) is 6.08. The largest absolute Gasteiger partial charge is 0.497 e. The SMILES string of the molecule is C=C1CN2C(=O)c3cc(OC)ccc3N=C[C@H]2C1OCCCCCOC1C(=C)CN2C(=O)c3cc(OC)ccc3N=C[C@@H]12. The molecule has 2 unspecified atom stereocenters. The van der Waals surface area contributed by atoms with Gasteiger partial charge < -0.3 is 28.7 Å². The molecule has 2 amide bonds. The van der Waals surface area contributed by atoms with Crippen molar-refractivity contribution in [1.82, 2.24) is 9.80 Å². The highest BCUT2D eigenvalue weighted by atomic mass is 16.5. The number of nitrogens with zero attached hydrogens (tertiary/aromatic N) is 4. The van der Waals surface area contributed by atoms with E-state index in [0.29, 0.717) is 60.3 Å². The Bertz CT molecular complexity index is 1410. The maximum Gasteiger partial charge on any atom is 0.257 e. The molecular formula is C33H36N4O6. The van der Waals surface area contributed by atoms with Crippen LogP contribution in [0.15, 0.2) is 70.7 Å². The van der Waals surface area contributed by atoms with E-state index in [1.54, 1.807) is 72.8 Å². The number of carbonyl (C=O) groups excluding carboxylic acids is 2. The third kappa shape index (κ3) is 5.48. The molecule has 224 valence electrons. The topological polar surface area (TPSA) is 102 Å². The highest BCUT2D eigenvalue weighted by molar-refractivity contribution is 6.04. The molecule has 43 heavy (non-hydrogen) atoms. The van der Waals surface area contributed by atoms with Gasteiger partial charge in [0.25, 0.3) is 11.8 Å². The first kappa shape index (κ1) is 28.8. The van der Waals surface area contributed by atoms with Crippen LogP contribution in [0.1, 0.15) is 40.0 Å². The van der Waals surface area contributed by atoms with Gasteiger partial charge in [-0.2, -0.15) is 0 Å². The summed E-state index contributed by atoms with van der Waals surface area (Å²) in [6.07, 6.45) is 5.55. The molecule has 2 aromatic carbocycles. The number of aliphatic imine (C=N–C) groups is 2. The van der Waals surface area contributed by atoms with E-state index in [2.05, 4.69) is 23.1 Å². The average Bonchev–Trinajstić information content (AvgIpc) is 3.42. The van der Waals surface area contributed by atoms with E-state index in [1.807, 2.05) is 0 Å². The maximum absolute atomic E-state index is 13.3. The third-order valence-corrected chi connectivity index (χ3v) is 8.40. The number of ether oxygens (including phenoxy) is 4. The molecule has 4 aliphatic heterocycles. The molecule has 0 bridgehead atoms. The number of hydrogen-bond donors (Lipinski definition) is 0. The van der Waals surface area contributed by atoms with Crippen molar-refractivity contribution in [2.24, 2.45) is 9.98 Å².